The van der Waals surface area contributed by atoms with Gasteiger partial charge in [0, 0.05) is 18.5 Å². The Kier molecular flexibility index (Phi) is 3.76. The molecule has 94 valence electrons. The van der Waals surface area contributed by atoms with Crippen molar-refractivity contribution in [3.05, 3.63) is 21.3 Å². The van der Waals surface area contributed by atoms with Gasteiger partial charge in [0.05, 0.1) is 11.6 Å². The number of hydrogen-bond donors (Lipinski definition) is 1. The fourth-order valence-electron chi connectivity index (χ4n) is 2.21. The van der Waals surface area contributed by atoms with Crippen LogP contribution < -0.4 is 0 Å². The Hall–Kier alpha value is -0.580. The average Bonchev–Trinajstić information content (AvgIpc) is 2.75. The molecule has 1 fully saturated rings. The van der Waals surface area contributed by atoms with Gasteiger partial charge in [-0.3, -0.25) is 4.79 Å². The highest BCUT2D eigenvalue weighted by molar-refractivity contribution is 7.12. The molecule has 0 unspecified atom stereocenters. The molecule has 3 nitrogen and oxygen atoms in total. The van der Waals surface area contributed by atoms with Gasteiger partial charge in [-0.1, -0.05) is 18.5 Å². The third-order valence-electron chi connectivity index (χ3n) is 3.26. The number of amides is 1. The second-order valence-corrected chi connectivity index (χ2v) is 6.22. The number of carbonyl (C=O) groups is 1. The van der Waals surface area contributed by atoms with E-state index >= 15 is 0 Å². The highest BCUT2D eigenvalue weighted by Crippen LogP contribution is 2.31. The molecule has 17 heavy (non-hydrogen) atoms. The van der Waals surface area contributed by atoms with Crippen molar-refractivity contribution >= 4 is 28.8 Å². The Bertz CT molecular complexity index is 420. The zero-order valence-electron chi connectivity index (χ0n) is 9.78. The highest BCUT2D eigenvalue weighted by atomic mass is 35.5. The minimum Gasteiger partial charge on any atom is -0.396 e. The number of piperidine rings is 1. The predicted molar refractivity (Wildman–Crippen MR) is 69.7 cm³/mol. The molecule has 1 atom stereocenters. The summed E-state index contributed by atoms with van der Waals surface area (Å²) in [7, 11) is 0. The normalized spacial score (nSPS) is 25.0. The number of thiophene rings is 1. The molecular formula is C12H16ClNO2S. The largest absolute Gasteiger partial charge is 0.396 e. The minimum absolute atomic E-state index is 0.00984. The van der Waals surface area contributed by atoms with E-state index in [-0.39, 0.29) is 17.9 Å². The summed E-state index contributed by atoms with van der Waals surface area (Å²) < 4.78 is 0. The molecule has 1 aromatic heterocycles. The lowest BCUT2D eigenvalue weighted by Crippen LogP contribution is -2.46. The molecule has 5 heteroatoms. The van der Waals surface area contributed by atoms with Gasteiger partial charge in [-0.05, 0) is 24.3 Å². The zero-order chi connectivity index (χ0) is 12.5. The standard InChI is InChI=1S/C12H16ClNO2S/c1-12(8-15)4-2-5-14(7-12)11(16)10-9(13)3-6-17-10/h3,6,15H,2,4-5,7-8H2,1H3/t12-/m1/s1. The van der Waals surface area contributed by atoms with E-state index in [1.165, 1.54) is 11.3 Å². The SMILES string of the molecule is C[C@@]1(CO)CCCN(C(=O)c2sccc2Cl)C1. The first-order valence-electron chi connectivity index (χ1n) is 5.69. The molecule has 0 saturated carbocycles. The third-order valence-corrected chi connectivity index (χ3v) is 4.59. The van der Waals surface area contributed by atoms with Crippen molar-refractivity contribution in [1.82, 2.24) is 4.90 Å². The topological polar surface area (TPSA) is 40.5 Å². The van der Waals surface area contributed by atoms with E-state index in [0.717, 1.165) is 19.4 Å². The quantitative estimate of drug-likeness (QED) is 0.900. The average molecular weight is 274 g/mol. The van der Waals surface area contributed by atoms with Gasteiger partial charge in [0.1, 0.15) is 4.88 Å². The summed E-state index contributed by atoms with van der Waals surface area (Å²) in [5.74, 6) is -0.00984. The van der Waals surface area contributed by atoms with Crippen LogP contribution >= 0.6 is 22.9 Å². The molecule has 1 aliphatic heterocycles. The third kappa shape index (κ3) is 2.64. The molecule has 1 aliphatic rings. The maximum absolute atomic E-state index is 12.3. The first-order valence-corrected chi connectivity index (χ1v) is 6.95. The van der Waals surface area contributed by atoms with Crippen LogP contribution in [0.3, 0.4) is 0 Å². The summed E-state index contributed by atoms with van der Waals surface area (Å²) in [5, 5.41) is 11.7. The van der Waals surface area contributed by atoms with Crippen LogP contribution in [0.2, 0.25) is 5.02 Å². The van der Waals surface area contributed by atoms with E-state index < -0.39 is 0 Å². The molecule has 1 aromatic rings. The number of halogens is 1. The molecule has 1 saturated heterocycles. The van der Waals surface area contributed by atoms with Crippen LogP contribution in [0.1, 0.15) is 29.4 Å². The molecule has 2 rings (SSSR count). The van der Waals surface area contributed by atoms with Gasteiger partial charge in [-0.25, -0.2) is 0 Å². The molecule has 1 amide bonds. The fraction of sp³-hybridized carbons (Fsp3) is 0.583. The Morgan fingerprint density at radius 3 is 3.06 bits per heavy atom. The van der Waals surface area contributed by atoms with E-state index in [1.807, 2.05) is 12.3 Å². The van der Waals surface area contributed by atoms with Crippen molar-refractivity contribution in [3.8, 4) is 0 Å². The molecule has 0 radical (unpaired) electrons. The Morgan fingerprint density at radius 1 is 1.71 bits per heavy atom. The van der Waals surface area contributed by atoms with Gasteiger partial charge in [0.2, 0.25) is 0 Å². The summed E-state index contributed by atoms with van der Waals surface area (Å²) in [6.07, 6.45) is 1.90. The van der Waals surface area contributed by atoms with Crippen LogP contribution in [-0.2, 0) is 0 Å². The summed E-state index contributed by atoms with van der Waals surface area (Å²) in [4.78, 5) is 14.7. The van der Waals surface area contributed by atoms with Crippen LogP contribution in [-0.4, -0.2) is 35.6 Å². The van der Waals surface area contributed by atoms with Gasteiger partial charge in [-0.15, -0.1) is 11.3 Å². The van der Waals surface area contributed by atoms with Crippen molar-refractivity contribution < 1.29 is 9.90 Å². The summed E-state index contributed by atoms with van der Waals surface area (Å²) in [6.45, 7) is 3.50. The van der Waals surface area contributed by atoms with Gasteiger partial charge in [0.15, 0.2) is 0 Å². The van der Waals surface area contributed by atoms with Gasteiger partial charge >= 0.3 is 0 Å². The highest BCUT2D eigenvalue weighted by Gasteiger charge is 2.33. The van der Waals surface area contributed by atoms with Crippen LogP contribution in [0.25, 0.3) is 0 Å². The van der Waals surface area contributed by atoms with E-state index in [9.17, 15) is 9.90 Å². The summed E-state index contributed by atoms with van der Waals surface area (Å²) >= 11 is 7.35. The van der Waals surface area contributed by atoms with Crippen molar-refractivity contribution in [2.24, 2.45) is 5.41 Å². The van der Waals surface area contributed by atoms with Crippen LogP contribution in [0.4, 0.5) is 0 Å². The number of rotatable bonds is 2. The number of likely N-dealkylation sites (tertiary alicyclic amines) is 1. The maximum Gasteiger partial charge on any atom is 0.265 e. The van der Waals surface area contributed by atoms with Gasteiger partial charge < -0.3 is 10.0 Å². The first kappa shape index (κ1) is 12.9. The smallest absolute Gasteiger partial charge is 0.265 e. The Morgan fingerprint density at radius 2 is 2.47 bits per heavy atom. The number of carbonyl (C=O) groups excluding carboxylic acids is 1. The number of hydrogen-bond acceptors (Lipinski definition) is 3. The number of aliphatic hydroxyl groups excluding tert-OH is 1. The maximum atomic E-state index is 12.3. The van der Waals surface area contributed by atoms with Gasteiger partial charge in [0.25, 0.3) is 5.91 Å². The lowest BCUT2D eigenvalue weighted by Gasteiger charge is -2.39. The van der Waals surface area contributed by atoms with E-state index in [1.54, 1.807) is 11.0 Å². The van der Waals surface area contributed by atoms with E-state index in [0.29, 0.717) is 16.4 Å². The lowest BCUT2D eigenvalue weighted by molar-refractivity contribution is 0.0361. The summed E-state index contributed by atoms with van der Waals surface area (Å²) in [5.41, 5.74) is -0.169. The molecule has 0 aliphatic carbocycles. The van der Waals surface area contributed by atoms with Crippen LogP contribution in [0.15, 0.2) is 11.4 Å². The Labute approximate surface area is 110 Å². The van der Waals surface area contributed by atoms with Crippen molar-refractivity contribution in [1.29, 1.82) is 0 Å². The monoisotopic (exact) mass is 273 g/mol. The van der Waals surface area contributed by atoms with Crippen molar-refractivity contribution in [2.45, 2.75) is 19.8 Å². The molecule has 2 heterocycles. The molecule has 0 spiro atoms. The molecule has 0 bridgehead atoms. The minimum atomic E-state index is -0.169. The number of nitrogens with zero attached hydrogens (tertiary/aromatic N) is 1. The van der Waals surface area contributed by atoms with Crippen molar-refractivity contribution in [3.63, 3.8) is 0 Å². The second kappa shape index (κ2) is 4.96. The predicted octanol–water partition coefficient (Wildman–Crippen LogP) is 2.64. The summed E-state index contributed by atoms with van der Waals surface area (Å²) in [6, 6.07) is 1.74. The molecule has 1 N–H and O–H groups in total. The number of aliphatic hydroxyl groups is 1. The molecular weight excluding hydrogens is 258 g/mol. The first-order chi connectivity index (χ1) is 8.06. The van der Waals surface area contributed by atoms with Crippen molar-refractivity contribution in [2.75, 3.05) is 19.7 Å². The fourth-order valence-corrected chi connectivity index (χ4v) is 3.31. The lowest BCUT2D eigenvalue weighted by atomic mass is 9.83. The van der Waals surface area contributed by atoms with Gasteiger partial charge in [-0.2, -0.15) is 0 Å². The second-order valence-electron chi connectivity index (χ2n) is 4.90. The molecule has 0 aromatic carbocycles. The van der Waals surface area contributed by atoms with E-state index in [4.69, 9.17) is 11.6 Å². The van der Waals surface area contributed by atoms with E-state index in [2.05, 4.69) is 0 Å². The van der Waals surface area contributed by atoms with Crippen LogP contribution in [0.5, 0.6) is 0 Å². The Balaban J connectivity index is 2.13. The zero-order valence-corrected chi connectivity index (χ0v) is 11.4. The van der Waals surface area contributed by atoms with Crippen LogP contribution in [0, 0.1) is 5.41 Å².